The summed E-state index contributed by atoms with van der Waals surface area (Å²) in [6.07, 6.45) is 4.12. The van der Waals surface area contributed by atoms with E-state index in [0.29, 0.717) is 5.92 Å². The zero-order valence-electron chi connectivity index (χ0n) is 20.4. The SMILES string of the molecule is CCN(c1nc(C)cc(N2CCC(=Cc3ccc(F)cc3)CC2)n1)c1ccc(C(C)C)cc1Br. The van der Waals surface area contributed by atoms with Gasteiger partial charge in [0.2, 0.25) is 5.95 Å². The summed E-state index contributed by atoms with van der Waals surface area (Å²) in [7, 11) is 0. The average molecular weight is 523 g/mol. The van der Waals surface area contributed by atoms with Crippen molar-refractivity contribution < 1.29 is 4.39 Å². The zero-order chi connectivity index (χ0) is 24.2. The number of hydrogen-bond donors (Lipinski definition) is 0. The Balaban J connectivity index is 1.53. The van der Waals surface area contributed by atoms with Crippen molar-refractivity contribution in [3.8, 4) is 0 Å². The average Bonchev–Trinajstić information content (AvgIpc) is 2.82. The number of anilines is 3. The smallest absolute Gasteiger partial charge is 0.232 e. The first-order chi connectivity index (χ1) is 16.3. The maximum atomic E-state index is 13.2. The van der Waals surface area contributed by atoms with Crippen LogP contribution < -0.4 is 9.80 Å². The summed E-state index contributed by atoms with van der Waals surface area (Å²) in [5.41, 5.74) is 5.78. The molecule has 0 amide bonds. The minimum atomic E-state index is -0.198. The number of aryl methyl sites for hydroxylation is 1. The lowest BCUT2D eigenvalue weighted by molar-refractivity contribution is 0.627. The Morgan fingerprint density at radius 1 is 1.06 bits per heavy atom. The second-order valence-electron chi connectivity index (χ2n) is 9.12. The Hall–Kier alpha value is -2.73. The number of piperidine rings is 1. The Bertz CT molecular complexity index is 1160. The molecular formula is C28H32BrFN4. The van der Waals surface area contributed by atoms with Gasteiger partial charge in [-0.15, -0.1) is 0 Å². The van der Waals surface area contributed by atoms with Crippen molar-refractivity contribution in [3.05, 3.63) is 81.2 Å². The predicted molar refractivity (Wildman–Crippen MR) is 144 cm³/mol. The van der Waals surface area contributed by atoms with Crippen LogP contribution in [0.15, 0.2) is 58.6 Å². The predicted octanol–water partition coefficient (Wildman–Crippen LogP) is 7.65. The van der Waals surface area contributed by atoms with Crippen LogP contribution in [0.5, 0.6) is 0 Å². The fraction of sp³-hybridized carbons (Fsp3) is 0.357. The van der Waals surface area contributed by atoms with E-state index in [4.69, 9.17) is 9.97 Å². The van der Waals surface area contributed by atoms with Crippen LogP contribution in [0, 0.1) is 12.7 Å². The summed E-state index contributed by atoms with van der Waals surface area (Å²) >= 11 is 3.77. The Morgan fingerprint density at radius 3 is 2.38 bits per heavy atom. The van der Waals surface area contributed by atoms with Gasteiger partial charge in [0.15, 0.2) is 0 Å². The topological polar surface area (TPSA) is 32.3 Å². The van der Waals surface area contributed by atoms with Crippen LogP contribution in [-0.2, 0) is 0 Å². The molecule has 0 unspecified atom stereocenters. The fourth-order valence-electron chi connectivity index (χ4n) is 4.30. The molecule has 4 rings (SSSR count). The van der Waals surface area contributed by atoms with E-state index in [-0.39, 0.29) is 5.82 Å². The maximum Gasteiger partial charge on any atom is 0.232 e. The van der Waals surface area contributed by atoms with Crippen LogP contribution in [0.4, 0.5) is 21.8 Å². The number of hydrogen-bond acceptors (Lipinski definition) is 4. The molecule has 0 saturated carbocycles. The van der Waals surface area contributed by atoms with Crippen LogP contribution in [0.25, 0.3) is 6.08 Å². The van der Waals surface area contributed by atoms with Crippen molar-refractivity contribution in [2.45, 2.75) is 46.5 Å². The van der Waals surface area contributed by atoms with Crippen LogP contribution in [-0.4, -0.2) is 29.6 Å². The molecule has 2 heterocycles. The summed E-state index contributed by atoms with van der Waals surface area (Å²) in [4.78, 5) is 14.3. The fourth-order valence-corrected chi connectivity index (χ4v) is 4.91. The van der Waals surface area contributed by atoms with Crippen molar-refractivity contribution in [1.82, 2.24) is 9.97 Å². The molecular weight excluding hydrogens is 491 g/mol. The second-order valence-corrected chi connectivity index (χ2v) is 9.97. The number of benzene rings is 2. The molecule has 0 aliphatic carbocycles. The number of aromatic nitrogens is 2. The largest absolute Gasteiger partial charge is 0.356 e. The Labute approximate surface area is 210 Å². The van der Waals surface area contributed by atoms with Gasteiger partial charge in [0, 0.05) is 35.9 Å². The molecule has 0 radical (unpaired) electrons. The molecule has 3 aromatic rings. The second kappa shape index (κ2) is 10.7. The van der Waals surface area contributed by atoms with Gasteiger partial charge in [0.05, 0.1) is 5.69 Å². The molecule has 34 heavy (non-hydrogen) atoms. The van der Waals surface area contributed by atoms with Crippen molar-refractivity contribution in [1.29, 1.82) is 0 Å². The van der Waals surface area contributed by atoms with Gasteiger partial charge in [-0.3, -0.25) is 0 Å². The molecule has 1 saturated heterocycles. The highest BCUT2D eigenvalue weighted by atomic mass is 79.9. The zero-order valence-corrected chi connectivity index (χ0v) is 21.9. The highest BCUT2D eigenvalue weighted by Crippen LogP contribution is 2.34. The molecule has 4 nitrogen and oxygen atoms in total. The lowest BCUT2D eigenvalue weighted by Gasteiger charge is -2.31. The number of nitrogens with zero attached hydrogens (tertiary/aromatic N) is 4. The molecule has 2 aromatic carbocycles. The van der Waals surface area contributed by atoms with Gasteiger partial charge in [-0.1, -0.05) is 43.7 Å². The molecule has 1 aliphatic rings. The third-order valence-electron chi connectivity index (χ3n) is 6.29. The molecule has 0 atom stereocenters. The van der Waals surface area contributed by atoms with Crippen LogP contribution in [0.3, 0.4) is 0 Å². The molecule has 0 N–H and O–H groups in total. The van der Waals surface area contributed by atoms with E-state index < -0.39 is 0 Å². The van der Waals surface area contributed by atoms with E-state index >= 15 is 0 Å². The molecule has 178 valence electrons. The van der Waals surface area contributed by atoms with Gasteiger partial charge < -0.3 is 9.80 Å². The summed E-state index contributed by atoms with van der Waals surface area (Å²) in [6, 6.07) is 15.3. The molecule has 0 spiro atoms. The van der Waals surface area contributed by atoms with E-state index in [1.54, 1.807) is 0 Å². The van der Waals surface area contributed by atoms with Crippen molar-refractivity contribution in [3.63, 3.8) is 0 Å². The van der Waals surface area contributed by atoms with Crippen molar-refractivity contribution >= 4 is 39.5 Å². The summed E-state index contributed by atoms with van der Waals surface area (Å²) in [6.45, 7) is 11.1. The molecule has 0 bridgehead atoms. The third-order valence-corrected chi connectivity index (χ3v) is 6.92. The van der Waals surface area contributed by atoms with Gasteiger partial charge >= 0.3 is 0 Å². The standard InChI is InChI=1S/C28H32BrFN4/c1-5-34(26-11-8-23(19(2)3)18-25(26)29)28-31-20(4)16-27(32-28)33-14-12-22(13-15-33)17-21-6-9-24(30)10-7-21/h6-11,16-19H,5,12-15H2,1-4H3. The molecule has 6 heteroatoms. The quantitative estimate of drug-likeness (QED) is 0.332. The normalized spacial score (nSPS) is 14.0. The van der Waals surface area contributed by atoms with Crippen LogP contribution in [0.1, 0.15) is 56.4 Å². The van der Waals surface area contributed by atoms with Crippen LogP contribution >= 0.6 is 15.9 Å². The lowest BCUT2D eigenvalue weighted by Crippen LogP contribution is -2.32. The van der Waals surface area contributed by atoms with Gasteiger partial charge in [-0.05, 0) is 83.9 Å². The number of halogens is 2. The minimum Gasteiger partial charge on any atom is -0.356 e. The van der Waals surface area contributed by atoms with Crippen molar-refractivity contribution in [2.75, 3.05) is 29.4 Å². The van der Waals surface area contributed by atoms with Crippen LogP contribution in [0.2, 0.25) is 0 Å². The molecule has 1 aromatic heterocycles. The van der Waals surface area contributed by atoms with Gasteiger partial charge in [-0.2, -0.15) is 4.98 Å². The van der Waals surface area contributed by atoms with Gasteiger partial charge in [0.1, 0.15) is 11.6 Å². The monoisotopic (exact) mass is 522 g/mol. The summed E-state index contributed by atoms with van der Waals surface area (Å²) in [5.74, 6) is 1.97. The maximum absolute atomic E-state index is 13.2. The summed E-state index contributed by atoms with van der Waals surface area (Å²) in [5, 5.41) is 0. The molecule has 1 aliphatic heterocycles. The third kappa shape index (κ3) is 5.66. The lowest BCUT2D eigenvalue weighted by atomic mass is 10.0. The van der Waals surface area contributed by atoms with Gasteiger partial charge in [-0.25, -0.2) is 9.37 Å². The van der Waals surface area contributed by atoms with Crippen molar-refractivity contribution in [2.24, 2.45) is 0 Å². The van der Waals surface area contributed by atoms with E-state index in [0.717, 1.165) is 65.7 Å². The first-order valence-corrected chi connectivity index (χ1v) is 12.8. The Kier molecular flexibility index (Phi) is 7.67. The Morgan fingerprint density at radius 2 is 1.76 bits per heavy atom. The van der Waals surface area contributed by atoms with E-state index in [9.17, 15) is 4.39 Å². The highest BCUT2D eigenvalue weighted by molar-refractivity contribution is 9.10. The molecule has 1 fully saturated rings. The van der Waals surface area contributed by atoms with E-state index in [1.807, 2.05) is 19.1 Å². The first kappa shape index (κ1) is 24.4. The van der Waals surface area contributed by atoms with Gasteiger partial charge in [0.25, 0.3) is 0 Å². The first-order valence-electron chi connectivity index (χ1n) is 12.0. The number of rotatable bonds is 6. The van der Waals surface area contributed by atoms with E-state index in [2.05, 4.69) is 76.8 Å². The summed E-state index contributed by atoms with van der Waals surface area (Å²) < 4.78 is 14.2. The minimum absolute atomic E-state index is 0.198. The van der Waals surface area contributed by atoms with E-state index in [1.165, 1.54) is 23.3 Å². The highest BCUT2D eigenvalue weighted by Gasteiger charge is 2.20.